The van der Waals surface area contributed by atoms with Gasteiger partial charge in [-0.25, -0.2) is 10.5 Å². The molecule has 6 N–H and O–H groups in total. The van der Waals surface area contributed by atoms with Gasteiger partial charge in [0.25, 0.3) is 10.1 Å². The highest BCUT2D eigenvalue weighted by molar-refractivity contribution is 7.94. The first-order chi connectivity index (χ1) is 21.0. The van der Waals surface area contributed by atoms with E-state index >= 15 is 0 Å². The minimum atomic E-state index is -4.33. The molecule has 0 unspecified atom stereocenters. The van der Waals surface area contributed by atoms with E-state index < -0.39 is 16.0 Å². The summed E-state index contributed by atoms with van der Waals surface area (Å²) in [7, 11) is -1.26. The molecule has 0 aliphatic carbocycles. The maximum Gasteiger partial charge on any atom is 0.283 e. The van der Waals surface area contributed by atoms with Crippen molar-refractivity contribution in [2.75, 3.05) is 35.5 Å². The third kappa shape index (κ3) is 8.60. The van der Waals surface area contributed by atoms with Crippen molar-refractivity contribution in [1.82, 2.24) is 15.0 Å². The van der Waals surface area contributed by atoms with Crippen LogP contribution in [0.4, 0.5) is 34.6 Å². The number of anilines is 4. The van der Waals surface area contributed by atoms with Crippen LogP contribution in [0.15, 0.2) is 62.5 Å². The highest BCUT2D eigenvalue weighted by atomic mass is 32.2. The molecule has 18 nitrogen and oxygen atoms in total. The van der Waals surface area contributed by atoms with E-state index in [1.54, 1.807) is 50.4 Å². The van der Waals surface area contributed by atoms with Crippen molar-refractivity contribution in [2.24, 2.45) is 10.2 Å². The summed E-state index contributed by atoms with van der Waals surface area (Å²) in [6, 6.07) is 11.3. The number of hydrogen-bond donors (Lipinski definition) is 6. The fraction of sp³-hybridized carbons (Fsp3) is 0.174. The van der Waals surface area contributed by atoms with Gasteiger partial charge in [0, 0.05) is 24.7 Å². The summed E-state index contributed by atoms with van der Waals surface area (Å²) in [6.45, 7) is 1.58. The molecule has 0 atom stereocenters. The molecule has 4 aromatic rings. The van der Waals surface area contributed by atoms with Crippen LogP contribution >= 0.6 is 24.1 Å². The van der Waals surface area contributed by atoms with E-state index in [0.29, 0.717) is 61.7 Å². The molecule has 0 radical (unpaired) electrons. The first-order valence-electron chi connectivity index (χ1n) is 12.0. The molecule has 21 heteroatoms. The maximum atomic E-state index is 11.3. The second kappa shape index (κ2) is 14.7. The number of fused-ring (bicyclic) bond motifs is 1. The number of phenolic OH excluding ortho intramolecular Hbond substituents is 1. The molecule has 3 aromatic carbocycles. The van der Waals surface area contributed by atoms with E-state index in [0.717, 1.165) is 4.90 Å². The Bertz CT molecular complexity index is 1780. The lowest BCUT2D eigenvalue weighted by Gasteiger charge is -2.16. The molecule has 0 aliphatic heterocycles. The lowest BCUT2D eigenvalue weighted by Crippen LogP contribution is -2.27. The van der Waals surface area contributed by atoms with Crippen LogP contribution in [0, 0.1) is 6.92 Å². The Labute approximate surface area is 257 Å². The molecule has 0 saturated heterocycles. The van der Waals surface area contributed by atoms with Crippen LogP contribution in [0.1, 0.15) is 5.82 Å². The zero-order valence-electron chi connectivity index (χ0n) is 22.9. The summed E-state index contributed by atoms with van der Waals surface area (Å²) >= 11 is 1.30. The monoisotopic (exact) mass is 668 g/mol. The molecule has 0 bridgehead atoms. The molecule has 1 heterocycles. The average molecular weight is 669 g/mol. The fourth-order valence-corrected chi connectivity index (χ4v) is 5.35. The third-order valence-electron chi connectivity index (χ3n) is 5.53. The highest BCUT2D eigenvalue weighted by Gasteiger charge is 2.17. The predicted molar refractivity (Wildman–Crippen MR) is 160 cm³/mol. The lowest BCUT2D eigenvalue weighted by molar-refractivity contribution is -0.432. The molecule has 0 spiro atoms. The molecule has 0 saturated carbocycles. The predicted octanol–water partition coefficient (Wildman–Crippen LogP) is 5.38. The van der Waals surface area contributed by atoms with Gasteiger partial charge in [0.05, 0.1) is 40.1 Å². The van der Waals surface area contributed by atoms with Crippen molar-refractivity contribution in [3.8, 4) is 5.75 Å². The highest BCUT2D eigenvalue weighted by Crippen LogP contribution is 2.43. The number of azo groups is 1. The van der Waals surface area contributed by atoms with Gasteiger partial charge in [0.15, 0.2) is 0 Å². The fourth-order valence-electron chi connectivity index (χ4n) is 3.83. The SMILES string of the molecule is CNc1ccc2cc(SOOO)cc(O)c2c1N=Nc1ccc(Nc2nc(C)nc(N(C)CS(=O)(=O)O)n2)cc1SOOO. The number of phenols is 1. The van der Waals surface area contributed by atoms with Crippen LogP contribution in [0.25, 0.3) is 10.8 Å². The number of benzene rings is 3. The number of aryl methyl sites for hydroxylation is 1. The first kappa shape index (κ1) is 33.0. The molecule has 1 aromatic heterocycles. The Kier molecular flexibility index (Phi) is 11.0. The largest absolute Gasteiger partial charge is 0.507 e. The van der Waals surface area contributed by atoms with Crippen molar-refractivity contribution in [3.05, 3.63) is 48.3 Å². The van der Waals surface area contributed by atoms with Crippen LogP contribution in [-0.4, -0.2) is 63.5 Å². The van der Waals surface area contributed by atoms with E-state index in [4.69, 9.17) is 15.1 Å². The van der Waals surface area contributed by atoms with Gasteiger partial charge in [-0.2, -0.15) is 23.4 Å². The summed E-state index contributed by atoms with van der Waals surface area (Å²) in [5.74, 6) is -0.536. The molecular weight excluding hydrogens is 645 g/mol. The molecule has 0 amide bonds. The van der Waals surface area contributed by atoms with Gasteiger partial charge >= 0.3 is 0 Å². The Hall–Kier alpha value is -3.90. The van der Waals surface area contributed by atoms with Crippen molar-refractivity contribution in [1.29, 1.82) is 0 Å². The quantitative estimate of drug-likeness (QED) is 0.0325. The van der Waals surface area contributed by atoms with Gasteiger partial charge in [-0.15, -0.1) is 18.9 Å². The number of rotatable bonds is 14. The van der Waals surface area contributed by atoms with E-state index in [9.17, 15) is 13.5 Å². The summed E-state index contributed by atoms with van der Waals surface area (Å²) < 4.78 is 40.8. The van der Waals surface area contributed by atoms with Crippen LogP contribution in [0.5, 0.6) is 5.75 Å². The van der Waals surface area contributed by atoms with E-state index in [1.165, 1.54) is 13.1 Å². The van der Waals surface area contributed by atoms with Crippen LogP contribution in [0.2, 0.25) is 0 Å². The van der Waals surface area contributed by atoms with Gasteiger partial charge < -0.3 is 20.6 Å². The number of nitrogens with zero attached hydrogens (tertiary/aromatic N) is 6. The van der Waals surface area contributed by atoms with Crippen LogP contribution in [-0.2, 0) is 28.9 Å². The minimum Gasteiger partial charge on any atom is -0.507 e. The summed E-state index contributed by atoms with van der Waals surface area (Å²) in [6.07, 6.45) is 0. The number of aromatic hydroxyl groups is 1. The third-order valence-corrected chi connectivity index (χ3v) is 7.44. The Morgan fingerprint density at radius 3 is 2.45 bits per heavy atom. The van der Waals surface area contributed by atoms with Gasteiger partial charge in [0.2, 0.25) is 11.9 Å². The van der Waals surface area contributed by atoms with Gasteiger partial charge in [0.1, 0.15) is 28.8 Å². The van der Waals surface area contributed by atoms with Crippen molar-refractivity contribution >= 4 is 79.6 Å². The number of nitrogens with one attached hydrogen (secondary N) is 2. The standard InChI is InChI=1S/C23H24N8O10S3/c1-12-25-22(28-23(26-12)31(3)11-44(35,36)37)27-14-5-7-16(19(9-14)43-41-39-34)29-30-21-17(24-2)6-4-13-8-15(42-40-38-33)10-18(32)20(13)21/h4-10,24,32-34H,11H2,1-3H3,(H,35,36,37)(H,25,26,27,28). The average Bonchev–Trinajstić information content (AvgIpc) is 2.97. The Balaban J connectivity index is 1.68. The summed E-state index contributed by atoms with van der Waals surface area (Å²) in [4.78, 5) is 14.4. The number of aromatic nitrogens is 3. The maximum absolute atomic E-state index is 11.3. The van der Waals surface area contributed by atoms with E-state index in [1.807, 2.05) is 0 Å². The second-order valence-electron chi connectivity index (χ2n) is 8.63. The van der Waals surface area contributed by atoms with Crippen LogP contribution in [0.3, 0.4) is 0 Å². The number of hydrogen-bond acceptors (Lipinski definition) is 19. The molecule has 44 heavy (non-hydrogen) atoms. The molecular formula is C23H24N8O10S3. The normalized spacial score (nSPS) is 11.8. The van der Waals surface area contributed by atoms with E-state index in [-0.39, 0.29) is 29.2 Å². The summed E-state index contributed by atoms with van der Waals surface area (Å²) in [5, 5.41) is 51.0. The zero-order chi connectivity index (χ0) is 31.9. The van der Waals surface area contributed by atoms with Crippen molar-refractivity contribution in [3.63, 3.8) is 0 Å². The molecule has 0 aliphatic rings. The van der Waals surface area contributed by atoms with Gasteiger partial charge in [-0.05, 0) is 48.7 Å². The minimum absolute atomic E-state index is 0.00620. The molecule has 4 rings (SSSR count). The van der Waals surface area contributed by atoms with Gasteiger partial charge in [-0.3, -0.25) is 4.55 Å². The Morgan fingerprint density at radius 1 is 1.00 bits per heavy atom. The molecule has 0 fully saturated rings. The zero-order valence-corrected chi connectivity index (χ0v) is 25.3. The lowest BCUT2D eigenvalue weighted by atomic mass is 10.1. The Morgan fingerprint density at radius 2 is 1.75 bits per heavy atom. The smallest absolute Gasteiger partial charge is 0.283 e. The van der Waals surface area contributed by atoms with E-state index in [2.05, 4.69) is 54.6 Å². The first-order valence-corrected chi connectivity index (χ1v) is 15.1. The van der Waals surface area contributed by atoms with Crippen LogP contribution < -0.4 is 15.5 Å². The van der Waals surface area contributed by atoms with Gasteiger partial charge in [-0.1, -0.05) is 16.1 Å². The topological polar surface area (TPSA) is 243 Å². The van der Waals surface area contributed by atoms with Crippen molar-refractivity contribution in [2.45, 2.75) is 16.7 Å². The second-order valence-corrected chi connectivity index (χ2v) is 11.6. The summed E-state index contributed by atoms with van der Waals surface area (Å²) in [5.41, 5.74) is 1.56. The van der Waals surface area contributed by atoms with Crippen molar-refractivity contribution < 1.29 is 47.3 Å². The molecule has 234 valence electrons.